The number of primary amides is 1. The highest BCUT2D eigenvalue weighted by molar-refractivity contribution is 9.10. The Kier molecular flexibility index (Phi) is 4.24. The molecule has 1 aromatic rings. The van der Waals surface area contributed by atoms with Crippen LogP contribution in [-0.2, 0) is 0 Å². The molecule has 1 amide bonds. The Bertz CT molecular complexity index is 450. The number of nitrogens with two attached hydrogens (primary N) is 1. The van der Waals surface area contributed by atoms with Crippen molar-refractivity contribution in [2.24, 2.45) is 5.73 Å². The van der Waals surface area contributed by atoms with Crippen molar-refractivity contribution >= 4 is 27.5 Å². The van der Waals surface area contributed by atoms with Gasteiger partial charge in [0.1, 0.15) is 0 Å². The lowest BCUT2D eigenvalue weighted by Gasteiger charge is -2.35. The largest absolute Gasteiger partial charge is 0.369 e. The minimum atomic E-state index is -0.385. The van der Waals surface area contributed by atoms with E-state index in [1.807, 2.05) is 25.2 Å². The lowest BCUT2D eigenvalue weighted by molar-refractivity contribution is 0.1000. The summed E-state index contributed by atoms with van der Waals surface area (Å²) < 4.78 is 0.763. The number of carbonyl (C=O) groups excluding carboxylic acids is 1. The first-order chi connectivity index (χ1) is 8.63. The molecule has 1 heterocycles. The molecule has 1 aliphatic heterocycles. The van der Waals surface area contributed by atoms with Crippen molar-refractivity contribution in [3.8, 4) is 0 Å². The molecule has 0 aromatic heterocycles. The first-order valence-corrected chi connectivity index (χ1v) is 6.93. The molecule has 1 unspecified atom stereocenters. The minimum Gasteiger partial charge on any atom is -0.369 e. The number of benzene rings is 1. The number of carbonyl (C=O) groups is 1. The van der Waals surface area contributed by atoms with Crippen LogP contribution in [0.2, 0.25) is 0 Å². The molecule has 4 nitrogen and oxygen atoms in total. The molecule has 0 bridgehead atoms. The van der Waals surface area contributed by atoms with Gasteiger partial charge in [-0.15, -0.1) is 0 Å². The topological polar surface area (TPSA) is 58.4 Å². The summed E-state index contributed by atoms with van der Waals surface area (Å²) in [6, 6.07) is 6.22. The second-order valence-electron chi connectivity index (χ2n) is 4.57. The van der Waals surface area contributed by atoms with Gasteiger partial charge < -0.3 is 16.0 Å². The molecule has 5 heteroatoms. The highest BCUT2D eigenvalue weighted by Crippen LogP contribution is 2.29. The molecular weight excluding hydrogens is 294 g/mol. The van der Waals surface area contributed by atoms with Crippen LogP contribution < -0.4 is 16.0 Å². The van der Waals surface area contributed by atoms with Crippen molar-refractivity contribution < 1.29 is 4.79 Å². The third-order valence-corrected chi connectivity index (χ3v) is 4.07. The maximum absolute atomic E-state index is 11.6. The lowest BCUT2D eigenvalue weighted by Crippen LogP contribution is -2.45. The average Bonchev–Trinajstić information content (AvgIpc) is 2.38. The maximum atomic E-state index is 11.6. The molecule has 98 valence electrons. The molecule has 0 spiro atoms. The smallest absolute Gasteiger partial charge is 0.251 e. The fourth-order valence-corrected chi connectivity index (χ4v) is 3.00. The van der Waals surface area contributed by atoms with Gasteiger partial charge in [0.2, 0.25) is 0 Å². The van der Waals surface area contributed by atoms with Crippen LogP contribution in [0.3, 0.4) is 0 Å². The number of anilines is 1. The van der Waals surface area contributed by atoms with Crippen LogP contribution in [0, 0.1) is 0 Å². The molecule has 1 aliphatic rings. The van der Waals surface area contributed by atoms with Crippen LogP contribution in [0.25, 0.3) is 0 Å². The zero-order valence-corrected chi connectivity index (χ0v) is 12.0. The summed E-state index contributed by atoms with van der Waals surface area (Å²) >= 11 is 3.40. The molecule has 2 rings (SSSR count). The van der Waals surface area contributed by atoms with Gasteiger partial charge >= 0.3 is 0 Å². The van der Waals surface area contributed by atoms with E-state index >= 15 is 0 Å². The summed E-state index contributed by atoms with van der Waals surface area (Å²) in [4.78, 5) is 13.8. The summed E-state index contributed by atoms with van der Waals surface area (Å²) in [5.41, 5.74) is 6.98. The van der Waals surface area contributed by atoms with Crippen molar-refractivity contribution in [1.29, 1.82) is 0 Å². The molecule has 1 fully saturated rings. The van der Waals surface area contributed by atoms with Crippen molar-refractivity contribution in [3.05, 3.63) is 28.2 Å². The summed E-state index contributed by atoms with van der Waals surface area (Å²) in [5, 5.41) is 3.30. The van der Waals surface area contributed by atoms with Crippen LogP contribution >= 0.6 is 15.9 Å². The Labute approximate surface area is 116 Å². The van der Waals surface area contributed by atoms with Gasteiger partial charge in [-0.1, -0.05) is 6.07 Å². The van der Waals surface area contributed by atoms with E-state index in [1.54, 1.807) is 0 Å². The van der Waals surface area contributed by atoms with Gasteiger partial charge in [0.15, 0.2) is 0 Å². The summed E-state index contributed by atoms with van der Waals surface area (Å²) in [7, 11) is 1.98. The zero-order valence-electron chi connectivity index (χ0n) is 10.4. The predicted molar refractivity (Wildman–Crippen MR) is 77.0 cm³/mol. The number of nitrogens with zero attached hydrogens (tertiary/aromatic N) is 1. The van der Waals surface area contributed by atoms with Crippen LogP contribution in [0.4, 0.5) is 5.69 Å². The number of amides is 1. The van der Waals surface area contributed by atoms with Gasteiger partial charge in [0.05, 0.1) is 11.3 Å². The van der Waals surface area contributed by atoms with Crippen LogP contribution in [-0.4, -0.2) is 32.1 Å². The Balaban J connectivity index is 2.32. The summed E-state index contributed by atoms with van der Waals surface area (Å²) in [6.07, 6.45) is 2.29. The van der Waals surface area contributed by atoms with E-state index in [4.69, 9.17) is 5.73 Å². The first kappa shape index (κ1) is 13.4. The Morgan fingerprint density at radius 1 is 1.56 bits per heavy atom. The Morgan fingerprint density at radius 2 is 2.33 bits per heavy atom. The zero-order chi connectivity index (χ0) is 13.1. The van der Waals surface area contributed by atoms with E-state index < -0.39 is 0 Å². The van der Waals surface area contributed by atoms with E-state index in [1.165, 1.54) is 6.42 Å². The molecule has 0 radical (unpaired) electrons. The number of hydrogen-bond acceptors (Lipinski definition) is 3. The fourth-order valence-electron chi connectivity index (χ4n) is 2.45. The second kappa shape index (κ2) is 5.71. The SMILES string of the molecule is CNC1CCCN(c2cccc(Br)c2C(N)=O)C1. The van der Waals surface area contributed by atoms with E-state index in [-0.39, 0.29) is 5.91 Å². The van der Waals surface area contributed by atoms with Gasteiger partial charge in [0, 0.05) is 23.6 Å². The van der Waals surface area contributed by atoms with Crippen LogP contribution in [0.15, 0.2) is 22.7 Å². The van der Waals surface area contributed by atoms with Crippen LogP contribution in [0.5, 0.6) is 0 Å². The highest BCUT2D eigenvalue weighted by Gasteiger charge is 2.23. The van der Waals surface area contributed by atoms with Gasteiger partial charge in [-0.3, -0.25) is 4.79 Å². The number of piperidine rings is 1. The molecule has 0 aliphatic carbocycles. The van der Waals surface area contributed by atoms with E-state index in [2.05, 4.69) is 26.1 Å². The first-order valence-electron chi connectivity index (χ1n) is 6.14. The van der Waals surface area contributed by atoms with Crippen molar-refractivity contribution in [2.45, 2.75) is 18.9 Å². The molecule has 18 heavy (non-hydrogen) atoms. The molecule has 3 N–H and O–H groups in total. The average molecular weight is 312 g/mol. The van der Waals surface area contributed by atoms with Crippen molar-refractivity contribution in [2.75, 3.05) is 25.0 Å². The Hall–Kier alpha value is -1.07. The summed E-state index contributed by atoms with van der Waals surface area (Å²) in [5.74, 6) is -0.385. The van der Waals surface area contributed by atoms with Crippen LogP contribution in [0.1, 0.15) is 23.2 Å². The number of halogens is 1. The third kappa shape index (κ3) is 2.67. The lowest BCUT2D eigenvalue weighted by atomic mass is 10.0. The number of nitrogens with one attached hydrogen (secondary N) is 1. The molecular formula is C13H18BrN3O. The third-order valence-electron chi connectivity index (χ3n) is 3.41. The Morgan fingerprint density at radius 3 is 3.00 bits per heavy atom. The molecule has 0 saturated carbocycles. The van der Waals surface area contributed by atoms with E-state index in [0.717, 1.165) is 29.7 Å². The summed E-state index contributed by atoms with van der Waals surface area (Å²) in [6.45, 7) is 1.88. The normalized spacial score (nSPS) is 19.9. The quantitative estimate of drug-likeness (QED) is 0.894. The van der Waals surface area contributed by atoms with Gasteiger partial charge in [0.25, 0.3) is 5.91 Å². The highest BCUT2D eigenvalue weighted by atomic mass is 79.9. The molecule has 1 saturated heterocycles. The standard InChI is InChI=1S/C13H18BrN3O/c1-16-9-4-3-7-17(8-9)11-6-2-5-10(14)12(11)13(15)18/h2,5-6,9,16H,3-4,7-8H2,1H3,(H2,15,18). The maximum Gasteiger partial charge on any atom is 0.251 e. The van der Waals surface area contributed by atoms with E-state index in [0.29, 0.717) is 11.6 Å². The number of hydrogen-bond donors (Lipinski definition) is 2. The molecule has 1 aromatic carbocycles. The van der Waals surface area contributed by atoms with Gasteiger partial charge in [-0.25, -0.2) is 0 Å². The monoisotopic (exact) mass is 311 g/mol. The minimum absolute atomic E-state index is 0.385. The van der Waals surface area contributed by atoms with Crippen molar-refractivity contribution in [1.82, 2.24) is 5.32 Å². The van der Waals surface area contributed by atoms with Gasteiger partial charge in [-0.2, -0.15) is 0 Å². The molecule has 1 atom stereocenters. The van der Waals surface area contributed by atoms with Crippen molar-refractivity contribution in [3.63, 3.8) is 0 Å². The van der Waals surface area contributed by atoms with E-state index in [9.17, 15) is 4.79 Å². The number of likely N-dealkylation sites (N-methyl/N-ethyl adjacent to an activating group) is 1. The number of rotatable bonds is 3. The fraction of sp³-hybridized carbons (Fsp3) is 0.462. The second-order valence-corrected chi connectivity index (χ2v) is 5.43. The predicted octanol–water partition coefficient (Wildman–Crippen LogP) is 1.74. The van der Waals surface area contributed by atoms with Gasteiger partial charge in [-0.05, 0) is 48.0 Å².